The summed E-state index contributed by atoms with van der Waals surface area (Å²) >= 11 is 0. The largest absolute Gasteiger partial charge is 0.250 e. The summed E-state index contributed by atoms with van der Waals surface area (Å²) in [6.07, 6.45) is 4.83. The van der Waals surface area contributed by atoms with Crippen LogP contribution in [0.3, 0.4) is 0 Å². The highest BCUT2D eigenvalue weighted by atomic mass is 19.1. The molecule has 1 unspecified atom stereocenters. The fourth-order valence-electron chi connectivity index (χ4n) is 1.37. The molecule has 0 saturated carbocycles. The third-order valence-corrected chi connectivity index (χ3v) is 1.97. The van der Waals surface area contributed by atoms with Crippen LogP contribution in [-0.4, -0.2) is 6.67 Å². The lowest BCUT2D eigenvalue weighted by Crippen LogP contribution is -1.94. The van der Waals surface area contributed by atoms with Crippen molar-refractivity contribution in [2.45, 2.75) is 5.92 Å². The normalized spacial score (nSPS) is 20.3. The Hall–Kier alpha value is -1.11. The number of alkyl halides is 1. The van der Waals surface area contributed by atoms with E-state index in [-0.39, 0.29) is 12.6 Å². The molecule has 0 N–H and O–H groups in total. The number of benzene rings is 1. The molecule has 1 atom stereocenters. The monoisotopic (exact) mass is 147 g/mol. The molecule has 55 valence electrons. The van der Waals surface area contributed by atoms with Gasteiger partial charge in [0.15, 0.2) is 0 Å². The van der Waals surface area contributed by atoms with Crippen LogP contribution in [0.4, 0.5) is 4.39 Å². The standard InChI is InChI=1S/C10H8F/c11-7-9-6-5-8-3-1-2-4-10(8)9/h1-5,9H,7H2. The average molecular weight is 147 g/mol. The topological polar surface area (TPSA) is 0 Å². The van der Waals surface area contributed by atoms with Crippen molar-refractivity contribution in [2.75, 3.05) is 6.67 Å². The highest BCUT2D eigenvalue weighted by molar-refractivity contribution is 5.59. The first kappa shape index (κ1) is 6.59. The van der Waals surface area contributed by atoms with Crippen molar-refractivity contribution < 1.29 is 4.39 Å². The predicted octanol–water partition coefficient (Wildman–Crippen LogP) is 2.57. The van der Waals surface area contributed by atoms with Crippen LogP contribution in [0.25, 0.3) is 6.08 Å². The van der Waals surface area contributed by atoms with Crippen molar-refractivity contribution in [1.29, 1.82) is 0 Å². The van der Waals surface area contributed by atoms with Crippen molar-refractivity contribution in [3.8, 4) is 0 Å². The molecular formula is C10H8F. The van der Waals surface area contributed by atoms with Crippen LogP contribution in [0.1, 0.15) is 17.0 Å². The van der Waals surface area contributed by atoms with Gasteiger partial charge >= 0.3 is 0 Å². The predicted molar refractivity (Wildman–Crippen MR) is 42.9 cm³/mol. The molecule has 0 spiro atoms. The minimum atomic E-state index is -0.340. The smallest absolute Gasteiger partial charge is 0.100 e. The lowest BCUT2D eigenvalue weighted by Gasteiger charge is -2.03. The Bertz CT molecular complexity index is 289. The van der Waals surface area contributed by atoms with Gasteiger partial charge < -0.3 is 0 Å². The van der Waals surface area contributed by atoms with Gasteiger partial charge in [-0.25, -0.2) is 0 Å². The van der Waals surface area contributed by atoms with Gasteiger partial charge in [0.05, 0.1) is 0 Å². The molecule has 1 heteroatoms. The van der Waals surface area contributed by atoms with Crippen LogP contribution in [0.2, 0.25) is 0 Å². The van der Waals surface area contributed by atoms with E-state index < -0.39 is 0 Å². The van der Waals surface area contributed by atoms with E-state index in [0.717, 1.165) is 11.1 Å². The van der Waals surface area contributed by atoms with Crippen LogP contribution >= 0.6 is 0 Å². The van der Waals surface area contributed by atoms with E-state index in [1.807, 2.05) is 30.3 Å². The summed E-state index contributed by atoms with van der Waals surface area (Å²) in [6.45, 7) is -0.340. The summed E-state index contributed by atoms with van der Waals surface area (Å²) in [7, 11) is 0. The van der Waals surface area contributed by atoms with E-state index >= 15 is 0 Å². The molecule has 1 aromatic rings. The zero-order valence-electron chi connectivity index (χ0n) is 6.05. The fourth-order valence-corrected chi connectivity index (χ4v) is 1.37. The minimum Gasteiger partial charge on any atom is -0.250 e. The molecule has 1 aliphatic rings. The van der Waals surface area contributed by atoms with Gasteiger partial charge in [-0.05, 0) is 17.2 Å². The Labute approximate surface area is 65.4 Å². The van der Waals surface area contributed by atoms with E-state index in [4.69, 9.17) is 0 Å². The molecule has 11 heavy (non-hydrogen) atoms. The highest BCUT2D eigenvalue weighted by Gasteiger charge is 2.15. The van der Waals surface area contributed by atoms with Crippen molar-refractivity contribution in [2.24, 2.45) is 0 Å². The van der Waals surface area contributed by atoms with E-state index in [9.17, 15) is 4.39 Å². The molecular weight excluding hydrogens is 139 g/mol. The molecule has 1 radical (unpaired) electrons. The van der Waals surface area contributed by atoms with Crippen LogP contribution < -0.4 is 0 Å². The van der Waals surface area contributed by atoms with E-state index in [2.05, 4.69) is 6.08 Å². The van der Waals surface area contributed by atoms with Gasteiger partial charge in [0.25, 0.3) is 0 Å². The van der Waals surface area contributed by atoms with Gasteiger partial charge in [0.1, 0.15) is 6.67 Å². The molecule has 0 heterocycles. The Morgan fingerprint density at radius 3 is 3.00 bits per heavy atom. The van der Waals surface area contributed by atoms with Crippen LogP contribution in [-0.2, 0) is 0 Å². The Kier molecular flexibility index (Phi) is 1.50. The van der Waals surface area contributed by atoms with Gasteiger partial charge in [0, 0.05) is 5.92 Å². The number of fused-ring (bicyclic) bond motifs is 1. The zero-order chi connectivity index (χ0) is 7.68. The van der Waals surface area contributed by atoms with Gasteiger partial charge in [-0.1, -0.05) is 30.3 Å². The number of allylic oxidation sites excluding steroid dienone is 1. The minimum absolute atomic E-state index is 0.119. The number of rotatable bonds is 1. The van der Waals surface area contributed by atoms with E-state index in [1.165, 1.54) is 0 Å². The van der Waals surface area contributed by atoms with Gasteiger partial charge in [-0.3, -0.25) is 4.39 Å². The van der Waals surface area contributed by atoms with Crippen molar-refractivity contribution in [3.63, 3.8) is 0 Å². The summed E-state index contributed by atoms with van der Waals surface area (Å²) < 4.78 is 12.3. The molecule has 2 rings (SSSR count). The summed E-state index contributed by atoms with van der Waals surface area (Å²) in [5.41, 5.74) is 2.17. The molecule has 0 bridgehead atoms. The second kappa shape index (κ2) is 2.50. The number of halogens is 1. The van der Waals surface area contributed by atoms with Gasteiger partial charge in [-0.15, -0.1) is 0 Å². The number of hydrogen-bond acceptors (Lipinski definition) is 0. The van der Waals surface area contributed by atoms with E-state index in [1.54, 1.807) is 0 Å². The lowest BCUT2D eigenvalue weighted by atomic mass is 10.0. The molecule has 0 fully saturated rings. The molecule has 0 aromatic heterocycles. The Morgan fingerprint density at radius 1 is 1.36 bits per heavy atom. The fraction of sp³-hybridized carbons (Fsp3) is 0.200. The zero-order valence-corrected chi connectivity index (χ0v) is 6.05. The first-order valence-electron chi connectivity index (χ1n) is 3.66. The molecule has 1 aliphatic carbocycles. The summed E-state index contributed by atoms with van der Waals surface area (Å²) in [5, 5.41) is 0. The molecule has 0 aliphatic heterocycles. The van der Waals surface area contributed by atoms with Gasteiger partial charge in [-0.2, -0.15) is 0 Å². The quantitative estimate of drug-likeness (QED) is 0.572. The number of hydrogen-bond donors (Lipinski definition) is 0. The highest BCUT2D eigenvalue weighted by Crippen LogP contribution is 2.28. The van der Waals surface area contributed by atoms with Gasteiger partial charge in [0.2, 0.25) is 0 Å². The van der Waals surface area contributed by atoms with Crippen LogP contribution in [0.15, 0.2) is 24.3 Å². The van der Waals surface area contributed by atoms with Crippen molar-refractivity contribution in [3.05, 3.63) is 41.5 Å². The SMILES string of the molecule is FCC1[C]=Cc2ccccc21. The summed E-state index contributed by atoms with van der Waals surface area (Å²) in [4.78, 5) is 0. The molecule has 0 nitrogen and oxygen atoms in total. The summed E-state index contributed by atoms with van der Waals surface area (Å²) in [6, 6.07) is 7.83. The van der Waals surface area contributed by atoms with Crippen LogP contribution in [0, 0.1) is 6.08 Å². The van der Waals surface area contributed by atoms with Crippen molar-refractivity contribution in [1.82, 2.24) is 0 Å². The maximum absolute atomic E-state index is 12.3. The maximum atomic E-state index is 12.3. The third kappa shape index (κ3) is 0.967. The Morgan fingerprint density at radius 2 is 2.18 bits per heavy atom. The second-order valence-electron chi connectivity index (χ2n) is 2.65. The molecule has 0 saturated heterocycles. The third-order valence-electron chi connectivity index (χ3n) is 1.97. The van der Waals surface area contributed by atoms with E-state index in [0.29, 0.717) is 0 Å². The van der Waals surface area contributed by atoms with Crippen LogP contribution in [0.5, 0.6) is 0 Å². The maximum Gasteiger partial charge on any atom is 0.100 e. The first-order valence-corrected chi connectivity index (χ1v) is 3.66. The second-order valence-corrected chi connectivity index (χ2v) is 2.65. The molecule has 1 aromatic carbocycles. The summed E-state index contributed by atoms with van der Waals surface area (Å²) in [5.74, 6) is -0.119. The first-order chi connectivity index (χ1) is 5.42. The molecule has 0 amide bonds. The average Bonchev–Trinajstić information content (AvgIpc) is 2.47. The Balaban J connectivity index is 2.46. The van der Waals surface area contributed by atoms with Crippen molar-refractivity contribution >= 4 is 6.08 Å². The lowest BCUT2D eigenvalue weighted by molar-refractivity contribution is 0.465.